The monoisotopic (exact) mass is 537 g/mol. The molecule has 1 aliphatic heterocycles. The summed E-state index contributed by atoms with van der Waals surface area (Å²) in [6.07, 6.45) is 3.68. The second-order valence-corrected chi connectivity index (χ2v) is 8.76. The number of hydrogen-bond acceptors (Lipinski definition) is 5. The van der Waals surface area contributed by atoms with Gasteiger partial charge in [-0.05, 0) is 63.3 Å². The Hall–Kier alpha value is -0.420. The maximum absolute atomic E-state index is 5.13. The molecule has 168 valence electrons. The van der Waals surface area contributed by atoms with Crippen LogP contribution in [0, 0.1) is 5.92 Å². The van der Waals surface area contributed by atoms with Crippen LogP contribution in [0.2, 0.25) is 0 Å². The number of rotatable bonds is 11. The standard InChI is InChI=1S/C21H39N5OS.HI/c1-18-8-12-26(13-9-18)19(20-7-5-16-28-20)17-24-21(22-2)23-10-6-11-25(3)14-15-27-4;/h5,7,16,18-19H,6,8-15,17H2,1-4H3,(H2,22,23,24);1H. The summed E-state index contributed by atoms with van der Waals surface area (Å²) in [6, 6.07) is 4.85. The van der Waals surface area contributed by atoms with E-state index in [1.54, 1.807) is 7.11 Å². The number of halogens is 1. The van der Waals surface area contributed by atoms with E-state index in [4.69, 9.17) is 4.74 Å². The predicted octanol–water partition coefficient (Wildman–Crippen LogP) is 3.27. The Morgan fingerprint density at radius 1 is 1.34 bits per heavy atom. The first-order valence-corrected chi connectivity index (χ1v) is 11.4. The summed E-state index contributed by atoms with van der Waals surface area (Å²) in [6.45, 7) is 9.36. The van der Waals surface area contributed by atoms with Gasteiger partial charge in [0, 0.05) is 38.7 Å². The molecule has 1 saturated heterocycles. The van der Waals surface area contributed by atoms with Crippen molar-refractivity contribution in [1.82, 2.24) is 20.4 Å². The number of hydrogen-bond donors (Lipinski definition) is 2. The van der Waals surface area contributed by atoms with Crippen LogP contribution in [0.5, 0.6) is 0 Å². The van der Waals surface area contributed by atoms with E-state index >= 15 is 0 Å². The van der Waals surface area contributed by atoms with Gasteiger partial charge in [-0.1, -0.05) is 13.0 Å². The highest BCUT2D eigenvalue weighted by Gasteiger charge is 2.25. The first-order valence-electron chi connectivity index (χ1n) is 10.5. The van der Waals surface area contributed by atoms with Crippen molar-refractivity contribution in [2.24, 2.45) is 10.9 Å². The van der Waals surface area contributed by atoms with Gasteiger partial charge in [-0.3, -0.25) is 9.89 Å². The van der Waals surface area contributed by atoms with E-state index in [9.17, 15) is 0 Å². The summed E-state index contributed by atoms with van der Waals surface area (Å²) < 4.78 is 5.13. The molecule has 1 aromatic heterocycles. The smallest absolute Gasteiger partial charge is 0.191 e. The predicted molar refractivity (Wildman–Crippen MR) is 136 cm³/mol. The van der Waals surface area contributed by atoms with Gasteiger partial charge >= 0.3 is 0 Å². The number of methoxy groups -OCH3 is 1. The molecule has 1 aliphatic rings. The molecule has 2 N–H and O–H groups in total. The molecule has 1 unspecified atom stereocenters. The highest BCUT2D eigenvalue weighted by Crippen LogP contribution is 2.28. The number of aliphatic imine (C=N–C) groups is 1. The van der Waals surface area contributed by atoms with Gasteiger partial charge in [0.1, 0.15) is 0 Å². The minimum atomic E-state index is 0. The maximum atomic E-state index is 5.13. The number of likely N-dealkylation sites (N-methyl/N-ethyl adjacent to an activating group) is 1. The van der Waals surface area contributed by atoms with Gasteiger partial charge in [-0.2, -0.15) is 0 Å². The molecule has 2 heterocycles. The van der Waals surface area contributed by atoms with Crippen LogP contribution >= 0.6 is 35.3 Å². The summed E-state index contributed by atoms with van der Waals surface area (Å²) in [7, 11) is 5.74. The zero-order valence-electron chi connectivity index (χ0n) is 18.5. The molecule has 0 spiro atoms. The maximum Gasteiger partial charge on any atom is 0.191 e. The Labute approximate surface area is 198 Å². The van der Waals surface area contributed by atoms with E-state index in [2.05, 4.69) is 56.9 Å². The van der Waals surface area contributed by atoms with Crippen molar-refractivity contribution in [2.75, 3.05) is 67.1 Å². The zero-order chi connectivity index (χ0) is 20.2. The zero-order valence-corrected chi connectivity index (χ0v) is 21.7. The lowest BCUT2D eigenvalue weighted by Gasteiger charge is -2.36. The van der Waals surface area contributed by atoms with Gasteiger partial charge < -0.3 is 20.3 Å². The fourth-order valence-electron chi connectivity index (χ4n) is 3.56. The summed E-state index contributed by atoms with van der Waals surface area (Å²) in [5.74, 6) is 1.75. The quantitative estimate of drug-likeness (QED) is 0.197. The van der Waals surface area contributed by atoms with Crippen molar-refractivity contribution in [3.05, 3.63) is 22.4 Å². The molecule has 1 aromatic rings. The Balaban J connectivity index is 0.00000420. The normalized spacial score (nSPS) is 17.2. The lowest BCUT2D eigenvalue weighted by Crippen LogP contribution is -2.45. The molecule has 2 rings (SSSR count). The number of piperidine rings is 1. The topological polar surface area (TPSA) is 52.1 Å². The van der Waals surface area contributed by atoms with E-state index in [0.29, 0.717) is 6.04 Å². The van der Waals surface area contributed by atoms with Crippen LogP contribution in [0.1, 0.15) is 37.1 Å². The van der Waals surface area contributed by atoms with Crippen molar-refractivity contribution in [3.8, 4) is 0 Å². The van der Waals surface area contributed by atoms with Crippen molar-refractivity contribution in [3.63, 3.8) is 0 Å². The average Bonchev–Trinajstić information content (AvgIpc) is 3.23. The molecule has 1 fully saturated rings. The molecule has 0 aromatic carbocycles. The molecule has 8 heteroatoms. The number of guanidine groups is 1. The number of nitrogens with zero attached hydrogens (tertiary/aromatic N) is 3. The minimum absolute atomic E-state index is 0. The van der Waals surface area contributed by atoms with E-state index in [1.165, 1.54) is 30.8 Å². The molecule has 0 radical (unpaired) electrons. The summed E-state index contributed by atoms with van der Waals surface area (Å²) >= 11 is 1.86. The Kier molecular flexibility index (Phi) is 14.1. The van der Waals surface area contributed by atoms with Crippen LogP contribution in [0.15, 0.2) is 22.5 Å². The summed E-state index contributed by atoms with van der Waals surface area (Å²) in [4.78, 5) is 10.8. The molecular formula is C21H40IN5OS. The van der Waals surface area contributed by atoms with Gasteiger partial charge in [-0.25, -0.2) is 0 Å². The van der Waals surface area contributed by atoms with Crippen LogP contribution < -0.4 is 10.6 Å². The van der Waals surface area contributed by atoms with Gasteiger partial charge in [0.2, 0.25) is 0 Å². The summed E-state index contributed by atoms with van der Waals surface area (Å²) in [5.41, 5.74) is 0. The van der Waals surface area contributed by atoms with Crippen LogP contribution in [0.25, 0.3) is 0 Å². The lowest BCUT2D eigenvalue weighted by molar-refractivity contribution is 0.140. The van der Waals surface area contributed by atoms with Crippen molar-refractivity contribution >= 4 is 41.3 Å². The molecule has 1 atom stereocenters. The van der Waals surface area contributed by atoms with Gasteiger partial charge in [-0.15, -0.1) is 35.3 Å². The van der Waals surface area contributed by atoms with E-state index in [1.807, 2.05) is 18.4 Å². The van der Waals surface area contributed by atoms with Crippen LogP contribution in [-0.4, -0.2) is 82.8 Å². The van der Waals surface area contributed by atoms with Gasteiger partial charge in [0.05, 0.1) is 12.6 Å². The number of thiophene rings is 1. The van der Waals surface area contributed by atoms with Crippen molar-refractivity contribution < 1.29 is 4.74 Å². The minimum Gasteiger partial charge on any atom is -0.383 e. The highest BCUT2D eigenvalue weighted by atomic mass is 127. The first kappa shape index (κ1) is 26.6. The third kappa shape index (κ3) is 9.95. The molecule has 0 amide bonds. The summed E-state index contributed by atoms with van der Waals surface area (Å²) in [5, 5.41) is 9.20. The molecular weight excluding hydrogens is 497 g/mol. The Bertz CT molecular complexity index is 549. The van der Waals surface area contributed by atoms with E-state index in [-0.39, 0.29) is 24.0 Å². The van der Waals surface area contributed by atoms with Crippen LogP contribution in [0.4, 0.5) is 0 Å². The number of nitrogens with one attached hydrogen (secondary N) is 2. The van der Waals surface area contributed by atoms with E-state index in [0.717, 1.165) is 51.1 Å². The van der Waals surface area contributed by atoms with Crippen LogP contribution in [0.3, 0.4) is 0 Å². The average molecular weight is 538 g/mol. The molecule has 29 heavy (non-hydrogen) atoms. The Morgan fingerprint density at radius 3 is 2.72 bits per heavy atom. The fourth-order valence-corrected chi connectivity index (χ4v) is 4.42. The van der Waals surface area contributed by atoms with Crippen molar-refractivity contribution in [2.45, 2.75) is 32.2 Å². The van der Waals surface area contributed by atoms with E-state index < -0.39 is 0 Å². The number of likely N-dealkylation sites (tertiary alicyclic amines) is 1. The second-order valence-electron chi connectivity index (χ2n) is 7.78. The van der Waals surface area contributed by atoms with Gasteiger partial charge in [0.25, 0.3) is 0 Å². The highest BCUT2D eigenvalue weighted by molar-refractivity contribution is 14.0. The molecule has 0 aliphatic carbocycles. The van der Waals surface area contributed by atoms with Crippen molar-refractivity contribution in [1.29, 1.82) is 0 Å². The molecule has 6 nitrogen and oxygen atoms in total. The van der Waals surface area contributed by atoms with Crippen LogP contribution in [-0.2, 0) is 4.74 Å². The largest absolute Gasteiger partial charge is 0.383 e. The second kappa shape index (κ2) is 15.4. The van der Waals surface area contributed by atoms with Gasteiger partial charge in [0.15, 0.2) is 5.96 Å². The first-order chi connectivity index (χ1) is 13.6. The number of ether oxygens (including phenoxy) is 1. The third-order valence-corrected chi connectivity index (χ3v) is 6.48. The molecule has 0 saturated carbocycles. The Morgan fingerprint density at radius 2 is 2.10 bits per heavy atom. The lowest BCUT2D eigenvalue weighted by atomic mass is 9.97. The SMILES string of the molecule is CN=C(NCCCN(C)CCOC)NCC(c1cccs1)N1CCC(C)CC1.I. The third-order valence-electron chi connectivity index (χ3n) is 5.50. The fraction of sp³-hybridized carbons (Fsp3) is 0.762. The molecule has 0 bridgehead atoms.